The van der Waals surface area contributed by atoms with Crippen LogP contribution in [0.3, 0.4) is 0 Å². The summed E-state index contributed by atoms with van der Waals surface area (Å²) in [7, 11) is -2.39. The molecule has 0 spiro atoms. The predicted molar refractivity (Wildman–Crippen MR) is 115 cm³/mol. The summed E-state index contributed by atoms with van der Waals surface area (Å²) in [6.07, 6.45) is -3.24. The number of aromatic nitrogens is 2. The van der Waals surface area contributed by atoms with Gasteiger partial charge >= 0.3 is 6.18 Å². The SMILES string of the molecule is COc1cn(-c2cccc(C(F)(F)F)c2)nc1C(=O)Nc1ccc(S(=O)(=O)NC(C)C)cc1. The maximum Gasteiger partial charge on any atom is 0.416 e. The summed E-state index contributed by atoms with van der Waals surface area (Å²) >= 11 is 0. The Hall–Kier alpha value is -3.38. The van der Waals surface area contributed by atoms with E-state index in [-0.39, 0.29) is 28.1 Å². The molecule has 0 aliphatic carbocycles. The molecule has 0 aliphatic rings. The summed E-state index contributed by atoms with van der Waals surface area (Å²) in [6, 6.07) is 9.67. The van der Waals surface area contributed by atoms with Crippen molar-refractivity contribution in [1.29, 1.82) is 0 Å². The van der Waals surface area contributed by atoms with E-state index in [1.807, 2.05) is 0 Å². The van der Waals surface area contributed by atoms with Crippen LogP contribution in [0.1, 0.15) is 29.9 Å². The first-order valence-corrected chi connectivity index (χ1v) is 11.1. The Morgan fingerprint density at radius 3 is 2.36 bits per heavy atom. The van der Waals surface area contributed by atoms with Crippen LogP contribution < -0.4 is 14.8 Å². The Balaban J connectivity index is 1.83. The molecule has 12 heteroatoms. The number of anilines is 1. The van der Waals surface area contributed by atoms with Crippen molar-refractivity contribution in [2.75, 3.05) is 12.4 Å². The van der Waals surface area contributed by atoms with E-state index in [9.17, 15) is 26.4 Å². The molecule has 0 aliphatic heterocycles. The normalized spacial score (nSPS) is 12.1. The van der Waals surface area contributed by atoms with Crippen molar-refractivity contribution < 1.29 is 31.1 Å². The van der Waals surface area contributed by atoms with Crippen molar-refractivity contribution in [2.24, 2.45) is 0 Å². The number of halogens is 3. The Morgan fingerprint density at radius 2 is 1.79 bits per heavy atom. The zero-order valence-corrected chi connectivity index (χ0v) is 18.7. The molecular weight excluding hydrogens is 461 g/mol. The highest BCUT2D eigenvalue weighted by atomic mass is 32.2. The zero-order chi connectivity index (χ0) is 24.4. The number of amides is 1. The Morgan fingerprint density at radius 1 is 1.12 bits per heavy atom. The quantitative estimate of drug-likeness (QED) is 0.533. The molecule has 2 aromatic carbocycles. The predicted octanol–water partition coefficient (Wildman–Crippen LogP) is 3.84. The molecule has 176 valence electrons. The summed E-state index contributed by atoms with van der Waals surface area (Å²) in [6.45, 7) is 3.38. The van der Waals surface area contributed by atoms with Crippen molar-refractivity contribution in [3.63, 3.8) is 0 Å². The summed E-state index contributed by atoms with van der Waals surface area (Å²) < 4.78 is 72.2. The highest BCUT2D eigenvalue weighted by Gasteiger charge is 2.31. The second-order valence-corrected chi connectivity index (χ2v) is 9.01. The number of benzene rings is 2. The number of nitrogens with one attached hydrogen (secondary N) is 2. The Kier molecular flexibility index (Phi) is 6.79. The molecule has 0 unspecified atom stereocenters. The molecule has 0 saturated carbocycles. The van der Waals surface area contributed by atoms with Gasteiger partial charge < -0.3 is 10.1 Å². The average molecular weight is 482 g/mol. The van der Waals surface area contributed by atoms with E-state index in [1.165, 1.54) is 49.7 Å². The van der Waals surface area contributed by atoms with Gasteiger partial charge in [0.05, 0.1) is 29.5 Å². The summed E-state index contributed by atoms with van der Waals surface area (Å²) in [4.78, 5) is 12.7. The van der Waals surface area contributed by atoms with Crippen molar-refractivity contribution in [1.82, 2.24) is 14.5 Å². The van der Waals surface area contributed by atoms with E-state index < -0.39 is 27.7 Å². The van der Waals surface area contributed by atoms with Crippen LogP contribution in [-0.4, -0.2) is 37.3 Å². The van der Waals surface area contributed by atoms with Crippen molar-refractivity contribution in [3.05, 3.63) is 66.0 Å². The molecule has 3 aromatic rings. The van der Waals surface area contributed by atoms with E-state index in [0.717, 1.165) is 16.8 Å². The molecule has 8 nitrogen and oxygen atoms in total. The van der Waals surface area contributed by atoms with Crippen molar-refractivity contribution in [3.8, 4) is 11.4 Å². The van der Waals surface area contributed by atoms with Crippen LogP contribution in [0.15, 0.2) is 59.6 Å². The van der Waals surface area contributed by atoms with Crippen LogP contribution in [0, 0.1) is 0 Å². The number of carbonyl (C=O) groups is 1. The second-order valence-electron chi connectivity index (χ2n) is 7.29. The minimum atomic E-state index is -4.53. The van der Waals surface area contributed by atoms with Gasteiger partial charge in [0, 0.05) is 11.7 Å². The minimum absolute atomic E-state index is 0.0283. The lowest BCUT2D eigenvalue weighted by atomic mass is 10.2. The fraction of sp³-hybridized carbons (Fsp3) is 0.238. The van der Waals surface area contributed by atoms with Gasteiger partial charge in [-0.05, 0) is 56.3 Å². The number of rotatable bonds is 7. The first kappa shape index (κ1) is 24.3. The van der Waals surface area contributed by atoms with Gasteiger partial charge in [-0.15, -0.1) is 0 Å². The van der Waals surface area contributed by atoms with Gasteiger partial charge in [-0.1, -0.05) is 6.07 Å². The topological polar surface area (TPSA) is 102 Å². The number of alkyl halides is 3. The van der Waals surface area contributed by atoms with Crippen LogP contribution in [0.4, 0.5) is 18.9 Å². The molecule has 0 atom stereocenters. The number of hydrogen-bond acceptors (Lipinski definition) is 5. The van der Waals surface area contributed by atoms with Crippen LogP contribution in [0.5, 0.6) is 5.75 Å². The van der Waals surface area contributed by atoms with Crippen LogP contribution in [0.25, 0.3) is 5.69 Å². The van der Waals surface area contributed by atoms with Gasteiger partial charge in [-0.25, -0.2) is 17.8 Å². The monoisotopic (exact) mass is 482 g/mol. The third-order valence-corrected chi connectivity index (χ3v) is 6.04. The van der Waals surface area contributed by atoms with E-state index in [2.05, 4.69) is 15.1 Å². The number of sulfonamides is 1. The van der Waals surface area contributed by atoms with E-state index in [4.69, 9.17) is 4.74 Å². The Bertz CT molecular complexity index is 1250. The third kappa shape index (κ3) is 5.71. The number of ether oxygens (including phenoxy) is 1. The smallest absolute Gasteiger partial charge is 0.416 e. The zero-order valence-electron chi connectivity index (χ0n) is 17.8. The van der Waals surface area contributed by atoms with Gasteiger partial charge in [-0.3, -0.25) is 4.79 Å². The lowest BCUT2D eigenvalue weighted by Crippen LogP contribution is -2.30. The maximum absolute atomic E-state index is 13.0. The number of methoxy groups -OCH3 is 1. The van der Waals surface area contributed by atoms with Gasteiger partial charge in [0.1, 0.15) is 0 Å². The summed E-state index contributed by atoms with van der Waals surface area (Å²) in [5.74, 6) is -0.640. The van der Waals surface area contributed by atoms with E-state index >= 15 is 0 Å². The first-order valence-electron chi connectivity index (χ1n) is 9.66. The second kappa shape index (κ2) is 9.24. The van der Waals surface area contributed by atoms with Gasteiger partial charge in [0.15, 0.2) is 11.4 Å². The lowest BCUT2D eigenvalue weighted by molar-refractivity contribution is -0.137. The largest absolute Gasteiger partial charge is 0.493 e. The fourth-order valence-corrected chi connectivity index (χ4v) is 4.16. The van der Waals surface area contributed by atoms with Crippen LogP contribution >= 0.6 is 0 Å². The first-order chi connectivity index (χ1) is 15.4. The molecule has 1 amide bonds. The van der Waals surface area contributed by atoms with Crippen molar-refractivity contribution >= 4 is 21.6 Å². The molecule has 1 heterocycles. The highest BCUT2D eigenvalue weighted by molar-refractivity contribution is 7.89. The number of nitrogens with zero attached hydrogens (tertiary/aromatic N) is 2. The molecule has 0 bridgehead atoms. The van der Waals surface area contributed by atoms with Gasteiger partial charge in [0.2, 0.25) is 10.0 Å². The fourth-order valence-electron chi connectivity index (χ4n) is 2.91. The summed E-state index contributed by atoms with van der Waals surface area (Å²) in [5.41, 5.74) is -0.635. The molecule has 3 rings (SSSR count). The molecule has 33 heavy (non-hydrogen) atoms. The standard InChI is InChI=1S/C21H21F3N4O4S/c1-13(2)27-33(30,31)17-9-7-15(8-10-17)25-20(29)19-18(32-3)12-28(26-19)16-6-4-5-14(11-16)21(22,23)24/h4-13,27H,1-3H3,(H,25,29). The van der Waals surface area contributed by atoms with E-state index in [0.29, 0.717) is 5.69 Å². The molecule has 0 fully saturated rings. The van der Waals surface area contributed by atoms with Crippen LogP contribution in [-0.2, 0) is 16.2 Å². The average Bonchev–Trinajstić information content (AvgIpc) is 3.17. The third-order valence-electron chi connectivity index (χ3n) is 4.37. The molecule has 0 saturated heterocycles. The maximum atomic E-state index is 13.0. The van der Waals surface area contributed by atoms with Gasteiger partial charge in [-0.2, -0.15) is 18.3 Å². The minimum Gasteiger partial charge on any atom is -0.493 e. The lowest BCUT2D eigenvalue weighted by Gasteiger charge is -2.10. The molecule has 2 N–H and O–H groups in total. The Labute approximate surface area is 188 Å². The van der Waals surface area contributed by atoms with E-state index in [1.54, 1.807) is 13.8 Å². The van der Waals surface area contributed by atoms with Gasteiger partial charge in [0.25, 0.3) is 5.91 Å². The molecule has 0 radical (unpaired) electrons. The summed E-state index contributed by atoms with van der Waals surface area (Å²) in [5, 5.41) is 6.63. The molecular formula is C21H21F3N4O4S. The number of carbonyl (C=O) groups excluding carboxylic acids is 1. The van der Waals surface area contributed by atoms with Crippen LogP contribution in [0.2, 0.25) is 0 Å². The van der Waals surface area contributed by atoms with Crippen molar-refractivity contribution in [2.45, 2.75) is 31.0 Å². The highest BCUT2D eigenvalue weighted by Crippen LogP contribution is 2.31. The molecule has 1 aromatic heterocycles. The number of hydrogen-bond donors (Lipinski definition) is 2.